The molecule has 0 spiro atoms. The highest BCUT2D eigenvalue weighted by Crippen LogP contribution is 2.24. The van der Waals surface area contributed by atoms with Gasteiger partial charge in [0.05, 0.1) is 6.61 Å². The van der Waals surface area contributed by atoms with E-state index >= 15 is 0 Å². The van der Waals surface area contributed by atoms with Gasteiger partial charge in [-0.2, -0.15) is 0 Å². The lowest BCUT2D eigenvalue weighted by molar-refractivity contribution is -0.153. The molecule has 4 heteroatoms. The summed E-state index contributed by atoms with van der Waals surface area (Å²) in [4.78, 5) is 24.1. The van der Waals surface area contributed by atoms with Crippen LogP contribution in [0, 0.1) is 17.8 Å². The van der Waals surface area contributed by atoms with Crippen molar-refractivity contribution < 1.29 is 14.3 Å². The Morgan fingerprint density at radius 1 is 0.955 bits per heavy atom. The van der Waals surface area contributed by atoms with Gasteiger partial charge < -0.3 is 10.1 Å². The van der Waals surface area contributed by atoms with Crippen molar-refractivity contribution in [1.82, 2.24) is 5.32 Å². The number of nitrogens with one attached hydrogen (secondary N) is 1. The number of hydrogen-bond acceptors (Lipinski definition) is 3. The summed E-state index contributed by atoms with van der Waals surface area (Å²) in [6.07, 6.45) is 12.3. The van der Waals surface area contributed by atoms with Crippen molar-refractivity contribution in [2.75, 3.05) is 13.2 Å². The van der Waals surface area contributed by atoms with E-state index in [0.29, 0.717) is 25.0 Å². The summed E-state index contributed by atoms with van der Waals surface area (Å²) in [6, 6.07) is 0. The second-order valence-electron chi connectivity index (χ2n) is 7.10. The van der Waals surface area contributed by atoms with E-state index in [9.17, 15) is 9.59 Å². The molecule has 0 heterocycles. The lowest BCUT2D eigenvalue weighted by Gasteiger charge is -2.23. The first-order valence-electron chi connectivity index (χ1n) is 9.11. The molecule has 1 unspecified atom stereocenters. The summed E-state index contributed by atoms with van der Waals surface area (Å²) in [5.41, 5.74) is 0. The van der Waals surface area contributed by atoms with E-state index in [1.165, 1.54) is 51.4 Å². The van der Waals surface area contributed by atoms with Gasteiger partial charge in [-0.15, -0.1) is 0 Å². The van der Waals surface area contributed by atoms with Gasteiger partial charge in [0.25, 0.3) is 0 Å². The Morgan fingerprint density at radius 3 is 2.09 bits per heavy atom. The van der Waals surface area contributed by atoms with Crippen LogP contribution < -0.4 is 5.32 Å². The van der Waals surface area contributed by atoms with Gasteiger partial charge in [0.15, 0.2) is 0 Å². The number of amides is 1. The van der Waals surface area contributed by atoms with Gasteiger partial charge in [0.1, 0.15) is 5.92 Å². The third-order valence-electron chi connectivity index (χ3n) is 5.22. The van der Waals surface area contributed by atoms with Crippen molar-refractivity contribution in [1.29, 1.82) is 0 Å². The average molecular weight is 309 g/mol. The van der Waals surface area contributed by atoms with Gasteiger partial charge >= 0.3 is 5.97 Å². The molecule has 2 rings (SSSR count). The SMILES string of the molecule is CC(C(=O)NCC1CCCCC1)C(=O)OCC1CCCCC1. The highest BCUT2D eigenvalue weighted by atomic mass is 16.5. The zero-order chi connectivity index (χ0) is 15.8. The smallest absolute Gasteiger partial charge is 0.318 e. The van der Waals surface area contributed by atoms with Crippen molar-refractivity contribution in [3.63, 3.8) is 0 Å². The molecular weight excluding hydrogens is 278 g/mol. The van der Waals surface area contributed by atoms with Gasteiger partial charge in [-0.05, 0) is 44.4 Å². The molecule has 0 bridgehead atoms. The predicted molar refractivity (Wildman–Crippen MR) is 86.3 cm³/mol. The number of ether oxygens (including phenoxy) is 1. The van der Waals surface area contributed by atoms with Gasteiger partial charge in [-0.3, -0.25) is 9.59 Å². The molecule has 1 amide bonds. The molecule has 1 N–H and O–H groups in total. The summed E-state index contributed by atoms with van der Waals surface area (Å²) >= 11 is 0. The zero-order valence-electron chi connectivity index (χ0n) is 13.9. The monoisotopic (exact) mass is 309 g/mol. The number of carbonyl (C=O) groups is 2. The number of hydrogen-bond donors (Lipinski definition) is 1. The molecule has 2 saturated carbocycles. The minimum Gasteiger partial charge on any atom is -0.465 e. The van der Waals surface area contributed by atoms with E-state index in [1.54, 1.807) is 6.92 Å². The maximum atomic E-state index is 12.1. The molecule has 1 atom stereocenters. The van der Waals surface area contributed by atoms with Crippen molar-refractivity contribution >= 4 is 11.9 Å². The van der Waals surface area contributed by atoms with Crippen LogP contribution in [0.15, 0.2) is 0 Å². The fourth-order valence-electron chi connectivity index (χ4n) is 3.58. The van der Waals surface area contributed by atoms with Crippen LogP contribution in [0.3, 0.4) is 0 Å². The Bertz CT molecular complexity index is 323. The van der Waals surface area contributed by atoms with Gasteiger partial charge in [-0.1, -0.05) is 38.5 Å². The van der Waals surface area contributed by atoms with Gasteiger partial charge in [0.2, 0.25) is 5.91 Å². The predicted octanol–water partition coefficient (Wildman–Crippen LogP) is 3.44. The Morgan fingerprint density at radius 2 is 1.50 bits per heavy atom. The second kappa shape index (κ2) is 9.16. The van der Waals surface area contributed by atoms with Crippen LogP contribution >= 0.6 is 0 Å². The second-order valence-corrected chi connectivity index (χ2v) is 7.10. The van der Waals surface area contributed by atoms with Crippen molar-refractivity contribution in [3.8, 4) is 0 Å². The molecular formula is C18H31NO3. The third-order valence-corrected chi connectivity index (χ3v) is 5.22. The Hall–Kier alpha value is -1.06. The van der Waals surface area contributed by atoms with Crippen LogP contribution in [-0.4, -0.2) is 25.0 Å². The van der Waals surface area contributed by atoms with E-state index < -0.39 is 5.92 Å². The van der Waals surface area contributed by atoms with Crippen LogP contribution in [0.2, 0.25) is 0 Å². The summed E-state index contributed by atoms with van der Waals surface area (Å²) in [7, 11) is 0. The van der Waals surface area contributed by atoms with Crippen LogP contribution in [0.4, 0.5) is 0 Å². The Balaban J connectivity index is 1.64. The molecule has 0 aromatic heterocycles. The fourth-order valence-corrected chi connectivity index (χ4v) is 3.58. The van der Waals surface area contributed by atoms with E-state index in [1.807, 2.05) is 0 Å². The molecule has 0 aromatic carbocycles. The van der Waals surface area contributed by atoms with Gasteiger partial charge in [0, 0.05) is 6.54 Å². The molecule has 2 aliphatic rings. The summed E-state index contributed by atoms with van der Waals surface area (Å²) in [6.45, 7) is 2.84. The maximum absolute atomic E-state index is 12.1. The molecule has 2 aliphatic carbocycles. The normalized spacial score (nSPS) is 22.0. The number of rotatable bonds is 6. The molecule has 0 saturated heterocycles. The molecule has 0 aromatic rings. The quantitative estimate of drug-likeness (QED) is 0.604. The van der Waals surface area contributed by atoms with Crippen LogP contribution in [-0.2, 0) is 14.3 Å². The molecule has 2 fully saturated rings. The zero-order valence-corrected chi connectivity index (χ0v) is 13.9. The van der Waals surface area contributed by atoms with E-state index in [2.05, 4.69) is 5.32 Å². The minimum atomic E-state index is -0.688. The molecule has 0 radical (unpaired) electrons. The molecule has 0 aliphatic heterocycles. The van der Waals surface area contributed by atoms with E-state index in [4.69, 9.17) is 4.74 Å². The van der Waals surface area contributed by atoms with Crippen LogP contribution in [0.25, 0.3) is 0 Å². The van der Waals surface area contributed by atoms with Crippen molar-refractivity contribution in [2.24, 2.45) is 17.8 Å². The first-order chi connectivity index (χ1) is 10.7. The van der Waals surface area contributed by atoms with Crippen molar-refractivity contribution in [3.05, 3.63) is 0 Å². The largest absolute Gasteiger partial charge is 0.465 e. The van der Waals surface area contributed by atoms with Crippen LogP contribution in [0.5, 0.6) is 0 Å². The lowest BCUT2D eigenvalue weighted by Crippen LogP contribution is -2.38. The van der Waals surface area contributed by atoms with Gasteiger partial charge in [-0.25, -0.2) is 0 Å². The average Bonchev–Trinajstić information content (AvgIpc) is 2.58. The minimum absolute atomic E-state index is 0.181. The standard InChI is InChI=1S/C18H31NO3/c1-14(17(20)19-12-15-8-4-2-5-9-15)18(21)22-13-16-10-6-3-7-11-16/h14-16H,2-13H2,1H3,(H,19,20). The number of carbonyl (C=O) groups excluding carboxylic acids is 2. The fraction of sp³-hybridized carbons (Fsp3) is 0.889. The number of esters is 1. The Kier molecular flexibility index (Phi) is 7.20. The topological polar surface area (TPSA) is 55.4 Å². The van der Waals surface area contributed by atoms with E-state index in [0.717, 1.165) is 12.8 Å². The highest BCUT2D eigenvalue weighted by Gasteiger charge is 2.25. The lowest BCUT2D eigenvalue weighted by atomic mass is 9.89. The summed E-state index contributed by atoms with van der Waals surface area (Å²) in [5.74, 6) is -0.156. The maximum Gasteiger partial charge on any atom is 0.318 e. The van der Waals surface area contributed by atoms with Crippen LogP contribution in [0.1, 0.15) is 71.1 Å². The molecule has 126 valence electrons. The summed E-state index contributed by atoms with van der Waals surface area (Å²) in [5, 5.41) is 2.93. The van der Waals surface area contributed by atoms with Crippen molar-refractivity contribution in [2.45, 2.75) is 71.1 Å². The molecule has 4 nitrogen and oxygen atoms in total. The Labute approximate surface area is 134 Å². The molecule has 22 heavy (non-hydrogen) atoms. The van der Waals surface area contributed by atoms with E-state index in [-0.39, 0.29) is 11.9 Å². The summed E-state index contributed by atoms with van der Waals surface area (Å²) < 4.78 is 5.36. The first-order valence-corrected chi connectivity index (χ1v) is 9.11. The first kappa shape index (κ1) is 17.3. The third kappa shape index (κ3) is 5.62. The highest BCUT2D eigenvalue weighted by molar-refractivity contribution is 5.97.